The van der Waals surface area contributed by atoms with Gasteiger partial charge in [-0.25, -0.2) is 0 Å². The zero-order valence-corrected chi connectivity index (χ0v) is 4.55. The van der Waals surface area contributed by atoms with Gasteiger partial charge < -0.3 is 0 Å². The number of hydrogen-bond acceptors (Lipinski definition) is 0. The molecule has 0 spiro atoms. The van der Waals surface area contributed by atoms with Gasteiger partial charge in [0.2, 0.25) is 0 Å². The van der Waals surface area contributed by atoms with Crippen LogP contribution in [0.3, 0.4) is 0 Å². The lowest BCUT2D eigenvalue weighted by Crippen LogP contribution is -1.72. The Bertz CT molecular complexity index is 55.8. The second-order valence-corrected chi connectivity index (χ2v) is 1.71. The molecule has 6 heavy (non-hydrogen) atoms. The SMILES string of the molecule is [NH]CC=C(Cl)Cl. The molecule has 0 saturated carbocycles. The summed E-state index contributed by atoms with van der Waals surface area (Å²) in [5.41, 5.74) is 6.49. The fourth-order valence-electron chi connectivity index (χ4n) is 0.0772. The van der Waals surface area contributed by atoms with Crippen molar-refractivity contribution in [3.8, 4) is 0 Å². The lowest BCUT2D eigenvalue weighted by Gasteiger charge is -1.74. The molecule has 0 heterocycles. The van der Waals surface area contributed by atoms with Crippen molar-refractivity contribution in [2.75, 3.05) is 6.54 Å². The molecule has 0 fully saturated rings. The summed E-state index contributed by atoms with van der Waals surface area (Å²) in [6.45, 7) is 0.155. The molecular weight excluding hydrogens is 121 g/mol. The van der Waals surface area contributed by atoms with Crippen molar-refractivity contribution in [2.24, 2.45) is 0 Å². The van der Waals surface area contributed by atoms with Crippen LogP contribution in [0.2, 0.25) is 0 Å². The van der Waals surface area contributed by atoms with E-state index in [9.17, 15) is 0 Å². The van der Waals surface area contributed by atoms with E-state index >= 15 is 0 Å². The molecule has 35 valence electrons. The highest BCUT2D eigenvalue weighted by Gasteiger charge is 1.74. The summed E-state index contributed by atoms with van der Waals surface area (Å²) in [6, 6.07) is 0. The van der Waals surface area contributed by atoms with E-state index in [1.54, 1.807) is 0 Å². The van der Waals surface area contributed by atoms with Crippen LogP contribution in [-0.2, 0) is 0 Å². The smallest absolute Gasteiger partial charge is 0.104 e. The third-order valence-electron chi connectivity index (χ3n) is 0.256. The van der Waals surface area contributed by atoms with E-state index in [4.69, 9.17) is 28.9 Å². The second kappa shape index (κ2) is 3.47. The molecule has 0 bridgehead atoms. The Morgan fingerprint density at radius 2 is 2.17 bits per heavy atom. The van der Waals surface area contributed by atoms with Gasteiger partial charge in [0, 0.05) is 6.54 Å². The van der Waals surface area contributed by atoms with Crippen molar-refractivity contribution >= 4 is 23.2 Å². The lowest BCUT2D eigenvalue weighted by molar-refractivity contribution is 1.20. The molecule has 0 aromatic carbocycles. The van der Waals surface area contributed by atoms with E-state index in [-0.39, 0.29) is 11.0 Å². The molecule has 1 N–H and O–H groups in total. The minimum Gasteiger partial charge on any atom is -0.254 e. The Labute approximate surface area is 46.7 Å². The predicted octanol–water partition coefficient (Wildman–Crippen LogP) is 1.59. The van der Waals surface area contributed by atoms with Crippen LogP contribution in [0.25, 0.3) is 0 Å². The first-order valence-electron chi connectivity index (χ1n) is 1.43. The highest BCUT2D eigenvalue weighted by atomic mass is 35.5. The standard InChI is InChI=1S/C3H4Cl2N/c4-3(5)1-2-6/h1,6H,2H2. The molecule has 0 aliphatic carbocycles. The van der Waals surface area contributed by atoms with Crippen molar-refractivity contribution in [1.82, 2.24) is 5.73 Å². The second-order valence-electron chi connectivity index (χ2n) is 0.698. The summed E-state index contributed by atoms with van der Waals surface area (Å²) in [4.78, 5) is 0. The molecule has 0 amide bonds. The molecule has 3 heteroatoms. The van der Waals surface area contributed by atoms with Crippen molar-refractivity contribution in [1.29, 1.82) is 0 Å². The van der Waals surface area contributed by atoms with Crippen molar-refractivity contribution < 1.29 is 0 Å². The molecule has 0 rings (SSSR count). The first kappa shape index (κ1) is 6.28. The molecule has 0 saturated heterocycles. The summed E-state index contributed by atoms with van der Waals surface area (Å²) < 4.78 is 0.171. The summed E-state index contributed by atoms with van der Waals surface area (Å²) in [7, 11) is 0. The van der Waals surface area contributed by atoms with Crippen LogP contribution in [0.15, 0.2) is 10.6 Å². The maximum Gasteiger partial charge on any atom is 0.104 e. The Morgan fingerprint density at radius 1 is 1.67 bits per heavy atom. The monoisotopic (exact) mass is 124 g/mol. The third kappa shape index (κ3) is 4.28. The quantitative estimate of drug-likeness (QED) is 0.508. The van der Waals surface area contributed by atoms with Crippen LogP contribution in [0.4, 0.5) is 0 Å². The molecule has 0 aliphatic heterocycles. The van der Waals surface area contributed by atoms with E-state index in [2.05, 4.69) is 0 Å². The number of hydrogen-bond donors (Lipinski definition) is 0. The van der Waals surface area contributed by atoms with E-state index < -0.39 is 0 Å². The highest BCUT2D eigenvalue weighted by Crippen LogP contribution is 2.03. The van der Waals surface area contributed by atoms with Gasteiger partial charge in [0.25, 0.3) is 0 Å². The Balaban J connectivity index is 3.14. The van der Waals surface area contributed by atoms with Gasteiger partial charge in [-0.15, -0.1) is 0 Å². The molecule has 0 aromatic heterocycles. The van der Waals surface area contributed by atoms with Crippen LogP contribution in [-0.4, -0.2) is 6.54 Å². The summed E-state index contributed by atoms with van der Waals surface area (Å²) in [5.74, 6) is 0. The lowest BCUT2D eigenvalue weighted by atomic mass is 10.7. The molecular formula is C3H4Cl2N. The first-order valence-corrected chi connectivity index (χ1v) is 2.18. The highest BCUT2D eigenvalue weighted by molar-refractivity contribution is 6.55. The van der Waals surface area contributed by atoms with Gasteiger partial charge in [0.1, 0.15) is 4.49 Å². The van der Waals surface area contributed by atoms with Gasteiger partial charge >= 0.3 is 0 Å². The van der Waals surface area contributed by atoms with Gasteiger partial charge in [0.15, 0.2) is 0 Å². The fraction of sp³-hybridized carbons (Fsp3) is 0.333. The van der Waals surface area contributed by atoms with E-state index in [1.165, 1.54) is 6.08 Å². The van der Waals surface area contributed by atoms with Gasteiger partial charge in [-0.3, -0.25) is 5.73 Å². The maximum absolute atomic E-state index is 6.49. The van der Waals surface area contributed by atoms with Gasteiger partial charge in [-0.2, -0.15) is 0 Å². The molecule has 1 nitrogen and oxygen atoms in total. The predicted molar refractivity (Wildman–Crippen MR) is 27.8 cm³/mol. The van der Waals surface area contributed by atoms with Crippen LogP contribution in [0.5, 0.6) is 0 Å². The third-order valence-corrected chi connectivity index (χ3v) is 0.565. The van der Waals surface area contributed by atoms with E-state index in [0.29, 0.717) is 0 Å². The topological polar surface area (TPSA) is 23.8 Å². The van der Waals surface area contributed by atoms with Gasteiger partial charge in [0.05, 0.1) is 0 Å². The number of rotatable bonds is 1. The normalized spacial score (nSPS) is 7.83. The molecule has 0 aromatic rings. The Morgan fingerprint density at radius 3 is 2.17 bits per heavy atom. The first-order chi connectivity index (χ1) is 2.77. The molecule has 1 radical (unpaired) electrons. The zero-order valence-electron chi connectivity index (χ0n) is 3.04. The summed E-state index contributed by atoms with van der Waals surface area (Å²) >= 11 is 10.2. The van der Waals surface area contributed by atoms with Crippen molar-refractivity contribution in [3.05, 3.63) is 10.6 Å². The summed E-state index contributed by atoms with van der Waals surface area (Å²) in [6.07, 6.45) is 1.41. The minimum atomic E-state index is 0.155. The van der Waals surface area contributed by atoms with Gasteiger partial charge in [-0.1, -0.05) is 23.2 Å². The minimum absolute atomic E-state index is 0.155. The molecule has 0 atom stereocenters. The average Bonchev–Trinajstić information content (AvgIpc) is 1.35. The summed E-state index contributed by atoms with van der Waals surface area (Å²) in [5, 5.41) is 0. The Kier molecular flexibility index (Phi) is 3.63. The molecule has 0 aliphatic rings. The van der Waals surface area contributed by atoms with Crippen LogP contribution >= 0.6 is 23.2 Å². The number of halogens is 2. The van der Waals surface area contributed by atoms with Crippen molar-refractivity contribution in [3.63, 3.8) is 0 Å². The molecule has 0 unspecified atom stereocenters. The fourth-order valence-corrected chi connectivity index (χ4v) is 0.231. The maximum atomic E-state index is 6.49. The Hall–Kier alpha value is 0.280. The van der Waals surface area contributed by atoms with E-state index in [1.807, 2.05) is 0 Å². The van der Waals surface area contributed by atoms with Gasteiger partial charge in [-0.05, 0) is 6.08 Å². The zero-order chi connectivity index (χ0) is 4.99. The number of nitrogens with one attached hydrogen (secondary N) is 1. The van der Waals surface area contributed by atoms with Crippen LogP contribution in [0, 0.1) is 0 Å². The van der Waals surface area contributed by atoms with Crippen LogP contribution in [0.1, 0.15) is 0 Å². The van der Waals surface area contributed by atoms with E-state index in [0.717, 1.165) is 0 Å². The largest absolute Gasteiger partial charge is 0.254 e. The van der Waals surface area contributed by atoms with Crippen LogP contribution < -0.4 is 5.73 Å². The van der Waals surface area contributed by atoms with Crippen molar-refractivity contribution in [2.45, 2.75) is 0 Å². The average molecular weight is 125 g/mol.